The predicted octanol–water partition coefficient (Wildman–Crippen LogP) is 2.69. The lowest BCUT2D eigenvalue weighted by atomic mass is 10.0. The monoisotopic (exact) mass is 240 g/mol. The van der Waals surface area contributed by atoms with Crippen LogP contribution in [0.3, 0.4) is 0 Å². The maximum atomic E-state index is 13.1. The van der Waals surface area contributed by atoms with E-state index >= 15 is 0 Å². The topological polar surface area (TPSA) is 34.1 Å². The molecule has 0 aliphatic rings. The molecule has 0 fully saturated rings. The van der Waals surface area contributed by atoms with Gasteiger partial charge in [0.1, 0.15) is 5.82 Å². The van der Waals surface area contributed by atoms with Crippen molar-refractivity contribution in [2.75, 3.05) is 13.7 Å². The minimum absolute atomic E-state index is 0.140. The summed E-state index contributed by atoms with van der Waals surface area (Å²) in [7, 11) is 1.71. The third kappa shape index (κ3) is 4.79. The van der Waals surface area contributed by atoms with Gasteiger partial charge in [-0.15, -0.1) is 0 Å². The molecule has 0 radical (unpaired) electrons. The molecule has 0 amide bonds. The van der Waals surface area contributed by atoms with Gasteiger partial charge in [0.2, 0.25) is 0 Å². The molecule has 1 aromatic rings. The van der Waals surface area contributed by atoms with Crippen LogP contribution in [0.25, 0.3) is 0 Å². The summed E-state index contributed by atoms with van der Waals surface area (Å²) < 4.78 is 18.3. The SMILES string of the molecule is CCNC(CCC(C)OC)c1cncc(F)c1. The van der Waals surface area contributed by atoms with Crippen molar-refractivity contribution in [2.24, 2.45) is 0 Å². The van der Waals surface area contributed by atoms with Crippen molar-refractivity contribution in [2.45, 2.75) is 38.8 Å². The molecule has 2 unspecified atom stereocenters. The first-order chi connectivity index (χ1) is 8.17. The number of halogens is 1. The van der Waals surface area contributed by atoms with Gasteiger partial charge in [-0.05, 0) is 37.9 Å². The molecular weight excluding hydrogens is 219 g/mol. The number of nitrogens with zero attached hydrogens (tertiary/aromatic N) is 1. The average Bonchev–Trinajstić information content (AvgIpc) is 2.34. The number of hydrogen-bond donors (Lipinski definition) is 1. The Hall–Kier alpha value is -1.00. The summed E-state index contributed by atoms with van der Waals surface area (Å²) in [5.41, 5.74) is 0.898. The lowest BCUT2D eigenvalue weighted by Gasteiger charge is -2.19. The van der Waals surface area contributed by atoms with Crippen LogP contribution in [0.4, 0.5) is 4.39 Å². The highest BCUT2D eigenvalue weighted by molar-refractivity contribution is 5.15. The van der Waals surface area contributed by atoms with Crippen molar-refractivity contribution >= 4 is 0 Å². The number of aromatic nitrogens is 1. The summed E-state index contributed by atoms with van der Waals surface area (Å²) in [4.78, 5) is 3.89. The molecule has 1 heterocycles. The van der Waals surface area contributed by atoms with Gasteiger partial charge in [-0.3, -0.25) is 4.98 Å². The standard InChI is InChI=1S/C13H21FN2O/c1-4-16-13(6-5-10(2)17-3)11-7-12(14)9-15-8-11/h7-10,13,16H,4-6H2,1-3H3. The average molecular weight is 240 g/mol. The van der Waals surface area contributed by atoms with Crippen molar-refractivity contribution in [3.63, 3.8) is 0 Å². The van der Waals surface area contributed by atoms with Crippen LogP contribution in [0.15, 0.2) is 18.5 Å². The zero-order valence-electron chi connectivity index (χ0n) is 10.7. The van der Waals surface area contributed by atoms with Crippen LogP contribution in [0.1, 0.15) is 38.3 Å². The lowest BCUT2D eigenvalue weighted by Crippen LogP contribution is -2.22. The summed E-state index contributed by atoms with van der Waals surface area (Å²) in [6.07, 6.45) is 5.01. The molecule has 0 bridgehead atoms. The predicted molar refractivity (Wildman–Crippen MR) is 66.3 cm³/mol. The Balaban J connectivity index is 2.64. The minimum atomic E-state index is -0.287. The number of methoxy groups -OCH3 is 1. The number of ether oxygens (including phenoxy) is 1. The summed E-state index contributed by atoms with van der Waals surface area (Å²) in [5, 5.41) is 3.34. The van der Waals surface area contributed by atoms with E-state index in [1.165, 1.54) is 12.3 Å². The first-order valence-corrected chi connectivity index (χ1v) is 6.04. The highest BCUT2D eigenvalue weighted by Gasteiger charge is 2.13. The van der Waals surface area contributed by atoms with E-state index in [1.54, 1.807) is 13.3 Å². The van der Waals surface area contributed by atoms with Crippen LogP contribution in [0, 0.1) is 5.82 Å². The van der Waals surface area contributed by atoms with Crippen LogP contribution in [0.5, 0.6) is 0 Å². The van der Waals surface area contributed by atoms with E-state index in [4.69, 9.17) is 4.74 Å². The highest BCUT2D eigenvalue weighted by Crippen LogP contribution is 2.19. The Morgan fingerprint density at radius 1 is 1.41 bits per heavy atom. The van der Waals surface area contributed by atoms with Gasteiger partial charge in [0.15, 0.2) is 0 Å². The Morgan fingerprint density at radius 3 is 2.76 bits per heavy atom. The molecule has 17 heavy (non-hydrogen) atoms. The van der Waals surface area contributed by atoms with Crippen LogP contribution in [0.2, 0.25) is 0 Å². The molecule has 96 valence electrons. The zero-order valence-corrected chi connectivity index (χ0v) is 10.7. The lowest BCUT2D eigenvalue weighted by molar-refractivity contribution is 0.106. The molecule has 0 aliphatic heterocycles. The summed E-state index contributed by atoms with van der Waals surface area (Å²) in [5.74, 6) is -0.287. The van der Waals surface area contributed by atoms with Crippen molar-refractivity contribution in [3.05, 3.63) is 29.8 Å². The van der Waals surface area contributed by atoms with E-state index < -0.39 is 0 Å². The molecule has 1 rings (SSSR count). The van der Waals surface area contributed by atoms with Gasteiger partial charge in [-0.1, -0.05) is 6.92 Å². The number of nitrogens with one attached hydrogen (secondary N) is 1. The van der Waals surface area contributed by atoms with Crippen molar-refractivity contribution in [1.82, 2.24) is 10.3 Å². The van der Waals surface area contributed by atoms with Crippen molar-refractivity contribution in [3.8, 4) is 0 Å². The minimum Gasteiger partial charge on any atom is -0.382 e. The third-order valence-corrected chi connectivity index (χ3v) is 2.84. The fourth-order valence-corrected chi connectivity index (χ4v) is 1.77. The normalized spacial score (nSPS) is 14.6. The molecule has 1 N–H and O–H groups in total. The van der Waals surface area contributed by atoms with Gasteiger partial charge < -0.3 is 10.1 Å². The number of hydrogen-bond acceptors (Lipinski definition) is 3. The van der Waals surface area contributed by atoms with Gasteiger partial charge >= 0.3 is 0 Å². The van der Waals surface area contributed by atoms with Crippen LogP contribution >= 0.6 is 0 Å². The maximum absolute atomic E-state index is 13.1. The molecule has 0 saturated carbocycles. The Labute approximate surface area is 102 Å². The second-order valence-corrected chi connectivity index (χ2v) is 4.17. The molecule has 2 atom stereocenters. The number of pyridine rings is 1. The molecule has 0 aliphatic carbocycles. The van der Waals surface area contributed by atoms with E-state index in [1.807, 2.05) is 13.8 Å². The van der Waals surface area contributed by atoms with E-state index in [0.29, 0.717) is 0 Å². The van der Waals surface area contributed by atoms with Gasteiger partial charge in [0.25, 0.3) is 0 Å². The molecule has 4 heteroatoms. The van der Waals surface area contributed by atoms with E-state index in [9.17, 15) is 4.39 Å². The van der Waals surface area contributed by atoms with Crippen LogP contribution in [-0.4, -0.2) is 24.7 Å². The van der Waals surface area contributed by atoms with Gasteiger partial charge in [0.05, 0.1) is 12.3 Å². The van der Waals surface area contributed by atoms with Crippen molar-refractivity contribution < 1.29 is 9.13 Å². The quantitative estimate of drug-likeness (QED) is 0.795. The Bertz CT molecular complexity index is 333. The summed E-state index contributed by atoms with van der Waals surface area (Å²) >= 11 is 0. The maximum Gasteiger partial charge on any atom is 0.141 e. The van der Waals surface area contributed by atoms with E-state index in [0.717, 1.165) is 24.9 Å². The molecule has 0 saturated heterocycles. The van der Waals surface area contributed by atoms with E-state index in [2.05, 4.69) is 10.3 Å². The first-order valence-electron chi connectivity index (χ1n) is 6.04. The smallest absolute Gasteiger partial charge is 0.141 e. The molecule has 0 spiro atoms. The van der Waals surface area contributed by atoms with Gasteiger partial charge in [0, 0.05) is 19.3 Å². The number of rotatable bonds is 7. The second kappa shape index (κ2) is 7.35. The molecule has 3 nitrogen and oxygen atoms in total. The fourth-order valence-electron chi connectivity index (χ4n) is 1.77. The summed E-state index contributed by atoms with van der Waals surface area (Å²) in [6.45, 7) is 4.93. The Morgan fingerprint density at radius 2 is 2.18 bits per heavy atom. The largest absolute Gasteiger partial charge is 0.382 e. The third-order valence-electron chi connectivity index (χ3n) is 2.84. The molecule has 0 aromatic carbocycles. The Kier molecular flexibility index (Phi) is 6.08. The van der Waals surface area contributed by atoms with Gasteiger partial charge in [-0.25, -0.2) is 4.39 Å². The second-order valence-electron chi connectivity index (χ2n) is 4.17. The molecule has 1 aromatic heterocycles. The van der Waals surface area contributed by atoms with Crippen molar-refractivity contribution in [1.29, 1.82) is 0 Å². The summed E-state index contributed by atoms with van der Waals surface area (Å²) in [6, 6.07) is 1.68. The van der Waals surface area contributed by atoms with Crippen LogP contribution < -0.4 is 5.32 Å². The van der Waals surface area contributed by atoms with Gasteiger partial charge in [-0.2, -0.15) is 0 Å². The van der Waals surface area contributed by atoms with E-state index in [-0.39, 0.29) is 18.0 Å². The zero-order chi connectivity index (χ0) is 12.7. The fraction of sp³-hybridized carbons (Fsp3) is 0.615. The van der Waals surface area contributed by atoms with Crippen LogP contribution in [-0.2, 0) is 4.74 Å². The highest BCUT2D eigenvalue weighted by atomic mass is 19.1. The first kappa shape index (κ1) is 14.1. The molecular formula is C13H21FN2O.